The van der Waals surface area contributed by atoms with Crippen molar-refractivity contribution in [3.05, 3.63) is 56.5 Å². The van der Waals surface area contributed by atoms with E-state index in [0.717, 1.165) is 48.3 Å². The average Bonchev–Trinajstić information content (AvgIpc) is 2.88. The molecule has 1 heterocycles. The maximum atomic E-state index is 13.7. The fourth-order valence-electron chi connectivity index (χ4n) is 2.44. The number of halogens is 3. The van der Waals surface area contributed by atoms with Gasteiger partial charge < -0.3 is 0 Å². The molecule has 0 atom stereocenters. The average molecular weight is 296 g/mol. The number of hydrogen-bond acceptors (Lipinski definition) is 2. The lowest BCUT2D eigenvalue weighted by molar-refractivity contribution is 0.103. The highest BCUT2D eigenvalue weighted by Crippen LogP contribution is 2.31. The van der Waals surface area contributed by atoms with E-state index in [9.17, 15) is 18.0 Å². The van der Waals surface area contributed by atoms with Gasteiger partial charge in [0.05, 0.1) is 10.4 Å². The van der Waals surface area contributed by atoms with Crippen LogP contribution in [0.1, 0.15) is 38.5 Å². The van der Waals surface area contributed by atoms with E-state index in [1.54, 1.807) is 6.07 Å². The minimum atomic E-state index is -1.60. The second-order valence-electron chi connectivity index (χ2n) is 4.82. The van der Waals surface area contributed by atoms with Gasteiger partial charge in [-0.05, 0) is 49.4 Å². The highest BCUT2D eigenvalue weighted by molar-refractivity contribution is 7.14. The molecule has 1 nitrogen and oxygen atoms in total. The van der Waals surface area contributed by atoms with Gasteiger partial charge in [0.2, 0.25) is 5.78 Å². The third-order valence-electron chi connectivity index (χ3n) is 3.50. The lowest BCUT2D eigenvalue weighted by Crippen LogP contribution is -2.05. The van der Waals surface area contributed by atoms with Gasteiger partial charge in [-0.1, -0.05) is 0 Å². The van der Waals surface area contributed by atoms with Crippen LogP contribution < -0.4 is 0 Å². The number of carbonyl (C=O) groups excluding carboxylic acids is 1. The Balaban J connectivity index is 2.01. The van der Waals surface area contributed by atoms with Crippen LogP contribution in [0.15, 0.2) is 18.2 Å². The summed E-state index contributed by atoms with van der Waals surface area (Å²) in [5.74, 6) is -4.89. The smallest absolute Gasteiger partial charge is 0.206 e. The summed E-state index contributed by atoms with van der Waals surface area (Å²) in [6, 6.07) is 3.52. The van der Waals surface area contributed by atoms with Gasteiger partial charge in [0.15, 0.2) is 17.5 Å². The van der Waals surface area contributed by atoms with Crippen LogP contribution in [0.5, 0.6) is 0 Å². The van der Waals surface area contributed by atoms with Gasteiger partial charge in [-0.2, -0.15) is 0 Å². The molecule has 1 aromatic carbocycles. The Labute approximate surface area is 118 Å². The standard InChI is InChI=1S/C15H11F3OS/c16-10-6-5-9(13(17)14(10)18)15(19)12-7-8-3-1-2-4-11(8)20-12/h5-7H,1-4H2. The molecule has 0 unspecified atom stereocenters. The fraction of sp³-hybridized carbons (Fsp3) is 0.267. The van der Waals surface area contributed by atoms with Crippen molar-refractivity contribution in [3.63, 3.8) is 0 Å². The molecular formula is C15H11F3OS. The molecule has 2 aromatic rings. The van der Waals surface area contributed by atoms with Crippen LogP contribution in [-0.4, -0.2) is 5.78 Å². The van der Waals surface area contributed by atoms with Gasteiger partial charge in [-0.3, -0.25) is 4.79 Å². The van der Waals surface area contributed by atoms with Crippen LogP contribution in [0.2, 0.25) is 0 Å². The highest BCUT2D eigenvalue weighted by atomic mass is 32.1. The van der Waals surface area contributed by atoms with Crippen molar-refractivity contribution in [2.75, 3.05) is 0 Å². The zero-order valence-corrected chi connectivity index (χ0v) is 11.3. The molecule has 0 bridgehead atoms. The van der Waals surface area contributed by atoms with E-state index in [-0.39, 0.29) is 0 Å². The summed E-state index contributed by atoms with van der Waals surface area (Å²) >= 11 is 1.32. The topological polar surface area (TPSA) is 17.1 Å². The number of fused-ring (bicyclic) bond motifs is 1. The molecule has 0 spiro atoms. The molecule has 1 aliphatic rings. The second-order valence-corrected chi connectivity index (χ2v) is 5.95. The quantitative estimate of drug-likeness (QED) is 0.597. The number of carbonyl (C=O) groups is 1. The van der Waals surface area contributed by atoms with Gasteiger partial charge in [0.25, 0.3) is 0 Å². The van der Waals surface area contributed by atoms with Crippen molar-refractivity contribution in [3.8, 4) is 0 Å². The highest BCUT2D eigenvalue weighted by Gasteiger charge is 2.23. The van der Waals surface area contributed by atoms with Gasteiger partial charge in [-0.25, -0.2) is 13.2 Å². The molecule has 0 radical (unpaired) electrons. The summed E-state index contributed by atoms with van der Waals surface area (Å²) in [6.07, 6.45) is 4.00. The number of aryl methyl sites for hydroxylation is 2. The molecule has 5 heteroatoms. The summed E-state index contributed by atoms with van der Waals surface area (Å²) in [7, 11) is 0. The predicted octanol–water partition coefficient (Wildman–Crippen LogP) is 4.28. The molecular weight excluding hydrogens is 285 g/mol. The number of thiophene rings is 1. The molecule has 0 aliphatic heterocycles. The molecule has 0 N–H and O–H groups in total. The zero-order chi connectivity index (χ0) is 14.3. The third-order valence-corrected chi connectivity index (χ3v) is 4.74. The monoisotopic (exact) mass is 296 g/mol. The van der Waals surface area contributed by atoms with E-state index in [1.807, 2.05) is 0 Å². The molecule has 0 saturated carbocycles. The molecule has 104 valence electrons. The maximum Gasteiger partial charge on any atom is 0.206 e. The van der Waals surface area contributed by atoms with Crippen molar-refractivity contribution in [1.29, 1.82) is 0 Å². The van der Waals surface area contributed by atoms with E-state index in [0.29, 0.717) is 4.88 Å². The first kappa shape index (κ1) is 13.4. The lowest BCUT2D eigenvalue weighted by Gasteiger charge is -2.08. The SMILES string of the molecule is O=C(c1cc2c(s1)CCCC2)c1ccc(F)c(F)c1F. The van der Waals surface area contributed by atoms with Gasteiger partial charge in [-0.15, -0.1) is 11.3 Å². The fourth-order valence-corrected chi connectivity index (χ4v) is 3.64. The first-order chi connectivity index (χ1) is 9.58. The first-order valence-electron chi connectivity index (χ1n) is 6.37. The van der Waals surface area contributed by atoms with E-state index in [1.165, 1.54) is 11.3 Å². The van der Waals surface area contributed by atoms with Crippen molar-refractivity contribution in [2.45, 2.75) is 25.7 Å². The molecule has 1 aromatic heterocycles. The Kier molecular flexibility index (Phi) is 3.38. The van der Waals surface area contributed by atoms with Crippen LogP contribution in [0.3, 0.4) is 0 Å². The predicted molar refractivity (Wildman–Crippen MR) is 70.7 cm³/mol. The number of benzene rings is 1. The Hall–Kier alpha value is -1.62. The van der Waals surface area contributed by atoms with E-state index in [2.05, 4.69) is 0 Å². The first-order valence-corrected chi connectivity index (χ1v) is 7.19. The van der Waals surface area contributed by atoms with Crippen LogP contribution in [0.4, 0.5) is 13.2 Å². The van der Waals surface area contributed by atoms with E-state index >= 15 is 0 Å². The zero-order valence-electron chi connectivity index (χ0n) is 10.5. The Morgan fingerprint density at radius 3 is 2.55 bits per heavy atom. The molecule has 1 aliphatic carbocycles. The van der Waals surface area contributed by atoms with Gasteiger partial charge in [0, 0.05) is 4.88 Å². The van der Waals surface area contributed by atoms with Crippen molar-refractivity contribution >= 4 is 17.1 Å². The van der Waals surface area contributed by atoms with Crippen molar-refractivity contribution < 1.29 is 18.0 Å². The van der Waals surface area contributed by atoms with E-state index in [4.69, 9.17) is 0 Å². The van der Waals surface area contributed by atoms with Gasteiger partial charge >= 0.3 is 0 Å². The van der Waals surface area contributed by atoms with Crippen molar-refractivity contribution in [2.24, 2.45) is 0 Å². The molecule has 0 amide bonds. The summed E-state index contributed by atoms with van der Waals surface area (Å²) in [5.41, 5.74) is 0.704. The second kappa shape index (κ2) is 5.05. The van der Waals surface area contributed by atoms with Crippen LogP contribution in [0, 0.1) is 17.5 Å². The Morgan fingerprint density at radius 1 is 1.05 bits per heavy atom. The lowest BCUT2D eigenvalue weighted by atomic mass is 9.98. The molecule has 0 saturated heterocycles. The number of rotatable bonds is 2. The van der Waals surface area contributed by atoms with Crippen molar-refractivity contribution in [1.82, 2.24) is 0 Å². The normalized spacial score (nSPS) is 14.2. The maximum absolute atomic E-state index is 13.7. The number of ketones is 1. The summed E-state index contributed by atoms with van der Waals surface area (Å²) < 4.78 is 39.7. The minimum absolute atomic E-state index is 0.391. The van der Waals surface area contributed by atoms with E-state index < -0.39 is 28.8 Å². The van der Waals surface area contributed by atoms with Gasteiger partial charge in [0.1, 0.15) is 0 Å². The Bertz CT molecular complexity index is 667. The summed E-state index contributed by atoms with van der Waals surface area (Å²) in [6.45, 7) is 0. The van der Waals surface area contributed by atoms with Crippen LogP contribution in [0.25, 0.3) is 0 Å². The molecule has 20 heavy (non-hydrogen) atoms. The largest absolute Gasteiger partial charge is 0.288 e. The third kappa shape index (κ3) is 2.16. The van der Waals surface area contributed by atoms with Crippen LogP contribution >= 0.6 is 11.3 Å². The minimum Gasteiger partial charge on any atom is -0.288 e. The number of hydrogen-bond donors (Lipinski definition) is 0. The summed E-state index contributed by atoms with van der Waals surface area (Å²) in [4.78, 5) is 13.8. The summed E-state index contributed by atoms with van der Waals surface area (Å²) in [5, 5.41) is 0. The molecule has 3 rings (SSSR count). The van der Waals surface area contributed by atoms with Crippen LogP contribution in [-0.2, 0) is 12.8 Å². The molecule has 0 fully saturated rings. The Morgan fingerprint density at radius 2 is 1.80 bits per heavy atom.